The van der Waals surface area contributed by atoms with E-state index in [4.69, 9.17) is 5.73 Å². The average Bonchev–Trinajstić information content (AvgIpc) is 2.34. The van der Waals surface area contributed by atoms with E-state index in [1.807, 2.05) is 0 Å². The van der Waals surface area contributed by atoms with Gasteiger partial charge in [0, 0.05) is 0 Å². The molecule has 0 aliphatic rings. The minimum atomic E-state index is -3.99. The smallest absolute Gasteiger partial charge is 0.264 e. The van der Waals surface area contributed by atoms with E-state index in [0.717, 1.165) is 11.6 Å². The van der Waals surface area contributed by atoms with Gasteiger partial charge < -0.3 is 5.73 Å². The molecule has 0 atom stereocenters. The van der Waals surface area contributed by atoms with Gasteiger partial charge in [0.25, 0.3) is 10.0 Å². The standard InChI is InChI=1S/C13H13FN2O2S/c1-9-6-7-11(15)12(8-9)16-19(17,18)13-5-3-2-4-10(13)14/h2-8,16H,15H2,1H3. The van der Waals surface area contributed by atoms with E-state index in [9.17, 15) is 12.8 Å². The summed E-state index contributed by atoms with van der Waals surface area (Å²) in [6.45, 7) is 1.81. The zero-order valence-corrected chi connectivity index (χ0v) is 11.0. The topological polar surface area (TPSA) is 72.2 Å². The lowest BCUT2D eigenvalue weighted by atomic mass is 10.2. The van der Waals surface area contributed by atoms with Crippen molar-refractivity contribution < 1.29 is 12.8 Å². The lowest BCUT2D eigenvalue weighted by Crippen LogP contribution is -2.15. The maximum atomic E-state index is 13.5. The molecular weight excluding hydrogens is 267 g/mol. The second kappa shape index (κ2) is 4.89. The molecule has 0 fully saturated rings. The molecule has 2 aromatic rings. The van der Waals surface area contributed by atoms with E-state index in [0.29, 0.717) is 0 Å². The molecule has 0 aliphatic heterocycles. The molecule has 0 aromatic heterocycles. The van der Waals surface area contributed by atoms with Gasteiger partial charge in [-0.3, -0.25) is 4.72 Å². The number of nitrogen functional groups attached to an aromatic ring is 1. The molecule has 0 amide bonds. The van der Waals surface area contributed by atoms with Crippen molar-refractivity contribution in [1.29, 1.82) is 0 Å². The van der Waals surface area contributed by atoms with Gasteiger partial charge in [-0.2, -0.15) is 0 Å². The predicted molar refractivity (Wildman–Crippen MR) is 72.8 cm³/mol. The summed E-state index contributed by atoms with van der Waals surface area (Å²) >= 11 is 0. The molecule has 19 heavy (non-hydrogen) atoms. The summed E-state index contributed by atoms with van der Waals surface area (Å²) in [7, 11) is -3.99. The highest BCUT2D eigenvalue weighted by Crippen LogP contribution is 2.24. The van der Waals surface area contributed by atoms with Gasteiger partial charge in [-0.05, 0) is 36.8 Å². The Bertz CT molecular complexity index is 714. The molecular formula is C13H13FN2O2S. The van der Waals surface area contributed by atoms with Gasteiger partial charge in [0.2, 0.25) is 0 Å². The molecule has 2 aromatic carbocycles. The van der Waals surface area contributed by atoms with Crippen LogP contribution < -0.4 is 10.5 Å². The highest BCUT2D eigenvalue weighted by atomic mass is 32.2. The Hall–Kier alpha value is -2.08. The minimum absolute atomic E-state index is 0.239. The number of hydrogen-bond donors (Lipinski definition) is 2. The number of anilines is 2. The quantitative estimate of drug-likeness (QED) is 0.848. The number of sulfonamides is 1. The lowest BCUT2D eigenvalue weighted by Gasteiger charge is -2.11. The van der Waals surface area contributed by atoms with Crippen LogP contribution in [-0.2, 0) is 10.0 Å². The van der Waals surface area contributed by atoms with Crippen molar-refractivity contribution in [3.05, 3.63) is 53.8 Å². The third-order valence-electron chi connectivity index (χ3n) is 2.58. The van der Waals surface area contributed by atoms with Crippen LogP contribution in [0.4, 0.5) is 15.8 Å². The zero-order valence-electron chi connectivity index (χ0n) is 10.2. The number of aryl methyl sites for hydroxylation is 1. The van der Waals surface area contributed by atoms with Crippen LogP contribution in [0, 0.1) is 12.7 Å². The van der Waals surface area contributed by atoms with Gasteiger partial charge in [-0.25, -0.2) is 12.8 Å². The van der Waals surface area contributed by atoms with Crippen LogP contribution in [0.2, 0.25) is 0 Å². The highest BCUT2D eigenvalue weighted by molar-refractivity contribution is 7.92. The first-order valence-corrected chi connectivity index (χ1v) is 7.02. The summed E-state index contributed by atoms with van der Waals surface area (Å²) < 4.78 is 40.0. The first kappa shape index (κ1) is 13.4. The molecule has 0 unspecified atom stereocenters. The molecule has 0 aliphatic carbocycles. The van der Waals surface area contributed by atoms with Gasteiger partial charge in [-0.1, -0.05) is 18.2 Å². The number of nitrogens with one attached hydrogen (secondary N) is 1. The fourth-order valence-corrected chi connectivity index (χ4v) is 2.78. The largest absolute Gasteiger partial charge is 0.397 e. The van der Waals surface area contributed by atoms with Crippen molar-refractivity contribution >= 4 is 21.4 Å². The molecule has 0 saturated carbocycles. The summed E-state index contributed by atoms with van der Waals surface area (Å²) in [5, 5.41) is 0. The van der Waals surface area contributed by atoms with Crippen molar-refractivity contribution in [2.75, 3.05) is 10.5 Å². The van der Waals surface area contributed by atoms with Crippen LogP contribution in [0.25, 0.3) is 0 Å². The van der Waals surface area contributed by atoms with Crippen molar-refractivity contribution in [1.82, 2.24) is 0 Å². The van der Waals surface area contributed by atoms with E-state index in [-0.39, 0.29) is 11.4 Å². The van der Waals surface area contributed by atoms with E-state index in [1.165, 1.54) is 18.2 Å². The van der Waals surface area contributed by atoms with Crippen molar-refractivity contribution in [2.45, 2.75) is 11.8 Å². The monoisotopic (exact) mass is 280 g/mol. The lowest BCUT2D eigenvalue weighted by molar-refractivity contribution is 0.570. The van der Waals surface area contributed by atoms with Crippen LogP contribution >= 0.6 is 0 Å². The van der Waals surface area contributed by atoms with Crippen LogP contribution in [0.5, 0.6) is 0 Å². The van der Waals surface area contributed by atoms with Gasteiger partial charge in [0.15, 0.2) is 0 Å². The normalized spacial score (nSPS) is 11.3. The summed E-state index contributed by atoms with van der Waals surface area (Å²) in [5.74, 6) is -0.804. The molecule has 4 nitrogen and oxygen atoms in total. The Morgan fingerprint density at radius 2 is 1.84 bits per heavy atom. The van der Waals surface area contributed by atoms with Gasteiger partial charge in [0.1, 0.15) is 10.7 Å². The van der Waals surface area contributed by atoms with Crippen molar-refractivity contribution in [3.63, 3.8) is 0 Å². The molecule has 2 rings (SSSR count). The maximum Gasteiger partial charge on any atom is 0.264 e. The Morgan fingerprint density at radius 1 is 1.16 bits per heavy atom. The maximum absolute atomic E-state index is 13.5. The van der Waals surface area contributed by atoms with Crippen molar-refractivity contribution in [2.24, 2.45) is 0 Å². The SMILES string of the molecule is Cc1ccc(N)c(NS(=O)(=O)c2ccccc2F)c1. The zero-order chi connectivity index (χ0) is 14.0. The number of hydrogen-bond acceptors (Lipinski definition) is 3. The predicted octanol–water partition coefficient (Wildman–Crippen LogP) is 2.52. The fourth-order valence-electron chi connectivity index (χ4n) is 1.62. The van der Waals surface area contributed by atoms with E-state index < -0.39 is 20.7 Å². The third-order valence-corrected chi connectivity index (χ3v) is 3.98. The van der Waals surface area contributed by atoms with E-state index in [1.54, 1.807) is 25.1 Å². The summed E-state index contributed by atoms with van der Waals surface area (Å²) in [6, 6.07) is 10.1. The van der Waals surface area contributed by atoms with E-state index >= 15 is 0 Å². The van der Waals surface area contributed by atoms with E-state index in [2.05, 4.69) is 4.72 Å². The molecule has 0 saturated heterocycles. The van der Waals surface area contributed by atoms with Gasteiger partial charge >= 0.3 is 0 Å². The Labute approximate surface area is 111 Å². The van der Waals surface area contributed by atoms with Crippen LogP contribution in [0.3, 0.4) is 0 Å². The number of rotatable bonds is 3. The number of nitrogens with two attached hydrogens (primary N) is 1. The van der Waals surface area contributed by atoms with Crippen LogP contribution in [0.1, 0.15) is 5.56 Å². The Balaban J connectivity index is 2.43. The van der Waals surface area contributed by atoms with Gasteiger partial charge in [0.05, 0.1) is 11.4 Å². The van der Waals surface area contributed by atoms with Gasteiger partial charge in [-0.15, -0.1) is 0 Å². The number of benzene rings is 2. The molecule has 0 radical (unpaired) electrons. The fraction of sp³-hybridized carbons (Fsp3) is 0.0769. The second-order valence-electron chi connectivity index (χ2n) is 4.13. The Kier molecular flexibility index (Phi) is 3.44. The van der Waals surface area contributed by atoms with Crippen LogP contribution in [0.15, 0.2) is 47.4 Å². The first-order chi connectivity index (χ1) is 8.90. The summed E-state index contributed by atoms with van der Waals surface area (Å²) in [5.41, 5.74) is 7.06. The molecule has 0 spiro atoms. The second-order valence-corrected chi connectivity index (χ2v) is 5.78. The minimum Gasteiger partial charge on any atom is -0.397 e. The third kappa shape index (κ3) is 2.85. The molecule has 6 heteroatoms. The molecule has 3 N–H and O–H groups in total. The average molecular weight is 280 g/mol. The molecule has 100 valence electrons. The number of halogens is 1. The van der Waals surface area contributed by atoms with Crippen molar-refractivity contribution in [3.8, 4) is 0 Å². The molecule has 0 bridgehead atoms. The highest BCUT2D eigenvalue weighted by Gasteiger charge is 2.19. The Morgan fingerprint density at radius 3 is 2.53 bits per heavy atom. The van der Waals surface area contributed by atoms with Crippen LogP contribution in [-0.4, -0.2) is 8.42 Å². The summed E-state index contributed by atoms with van der Waals surface area (Å²) in [6.07, 6.45) is 0. The first-order valence-electron chi connectivity index (χ1n) is 5.53. The summed E-state index contributed by atoms with van der Waals surface area (Å²) in [4.78, 5) is -0.407. The molecule has 0 heterocycles.